The SMILES string of the molecule is COC(=O)N1CCN(c2cc(C)nc(-n3ccnc3)n2)C(CC(=O)NC(C)c2ccc(OC)cc2)C1. The lowest BCUT2D eigenvalue weighted by molar-refractivity contribution is -0.122. The number of nitrogens with zero attached hydrogens (tertiary/aromatic N) is 6. The summed E-state index contributed by atoms with van der Waals surface area (Å²) in [6.45, 7) is 5.12. The molecule has 0 saturated carbocycles. The van der Waals surface area contributed by atoms with Crippen LogP contribution in [0.1, 0.15) is 30.6 Å². The fourth-order valence-corrected chi connectivity index (χ4v) is 4.29. The molecule has 0 radical (unpaired) electrons. The van der Waals surface area contributed by atoms with Gasteiger partial charge in [-0.3, -0.25) is 9.36 Å². The summed E-state index contributed by atoms with van der Waals surface area (Å²) in [4.78, 5) is 42.4. The normalized spacial score (nSPS) is 16.4. The van der Waals surface area contributed by atoms with Gasteiger partial charge >= 0.3 is 6.09 Å². The second-order valence-corrected chi connectivity index (χ2v) is 8.67. The number of carbonyl (C=O) groups excluding carboxylic acids is 2. The van der Waals surface area contributed by atoms with Crippen LogP contribution in [-0.2, 0) is 9.53 Å². The first-order chi connectivity index (χ1) is 17.4. The zero-order chi connectivity index (χ0) is 25.7. The Morgan fingerprint density at radius 3 is 2.61 bits per heavy atom. The Morgan fingerprint density at radius 1 is 1.17 bits per heavy atom. The van der Waals surface area contributed by atoms with Gasteiger partial charge in [0, 0.05) is 50.2 Å². The van der Waals surface area contributed by atoms with E-state index in [0.29, 0.717) is 31.4 Å². The number of methoxy groups -OCH3 is 2. The first-order valence-corrected chi connectivity index (χ1v) is 11.7. The molecular formula is C25H31N7O4. The molecule has 4 rings (SSSR count). The van der Waals surface area contributed by atoms with E-state index in [1.54, 1.807) is 35.3 Å². The Kier molecular flexibility index (Phi) is 7.67. The molecule has 2 unspecified atom stereocenters. The number of benzene rings is 1. The summed E-state index contributed by atoms with van der Waals surface area (Å²) in [5, 5.41) is 3.07. The minimum Gasteiger partial charge on any atom is -0.497 e. The van der Waals surface area contributed by atoms with Crippen LogP contribution >= 0.6 is 0 Å². The quantitative estimate of drug-likeness (QED) is 0.534. The van der Waals surface area contributed by atoms with Crippen LogP contribution in [0.15, 0.2) is 49.1 Å². The highest BCUT2D eigenvalue weighted by Gasteiger charge is 2.33. The van der Waals surface area contributed by atoms with Crippen LogP contribution in [0, 0.1) is 6.92 Å². The van der Waals surface area contributed by atoms with Crippen LogP contribution in [-0.4, -0.2) is 76.3 Å². The predicted octanol–water partition coefficient (Wildman–Crippen LogP) is 2.50. The summed E-state index contributed by atoms with van der Waals surface area (Å²) >= 11 is 0. The molecule has 11 heteroatoms. The largest absolute Gasteiger partial charge is 0.497 e. The number of amides is 2. The maximum atomic E-state index is 13.1. The van der Waals surface area contributed by atoms with E-state index in [4.69, 9.17) is 14.5 Å². The topological polar surface area (TPSA) is 115 Å². The molecular weight excluding hydrogens is 462 g/mol. The van der Waals surface area contributed by atoms with Gasteiger partial charge in [-0.25, -0.2) is 14.8 Å². The summed E-state index contributed by atoms with van der Waals surface area (Å²) in [5.74, 6) is 1.82. The lowest BCUT2D eigenvalue weighted by atomic mass is 10.1. The van der Waals surface area contributed by atoms with Crippen molar-refractivity contribution in [2.24, 2.45) is 0 Å². The molecule has 0 bridgehead atoms. The van der Waals surface area contributed by atoms with E-state index in [1.807, 2.05) is 44.2 Å². The van der Waals surface area contributed by atoms with E-state index < -0.39 is 6.09 Å². The van der Waals surface area contributed by atoms with Gasteiger partial charge in [0.1, 0.15) is 17.9 Å². The van der Waals surface area contributed by atoms with Crippen molar-refractivity contribution in [3.63, 3.8) is 0 Å². The van der Waals surface area contributed by atoms with E-state index in [9.17, 15) is 9.59 Å². The highest BCUT2D eigenvalue weighted by Crippen LogP contribution is 2.24. The number of carbonyl (C=O) groups is 2. The van der Waals surface area contributed by atoms with Crippen molar-refractivity contribution in [3.05, 3.63) is 60.3 Å². The number of imidazole rings is 1. The minimum atomic E-state index is -0.412. The molecule has 3 heterocycles. The first-order valence-electron chi connectivity index (χ1n) is 11.7. The molecule has 0 spiro atoms. The maximum absolute atomic E-state index is 13.1. The number of piperazine rings is 1. The fourth-order valence-electron chi connectivity index (χ4n) is 4.29. The molecule has 0 aliphatic carbocycles. The molecule has 3 aromatic rings. The predicted molar refractivity (Wildman–Crippen MR) is 133 cm³/mol. The van der Waals surface area contributed by atoms with Gasteiger partial charge in [-0.1, -0.05) is 12.1 Å². The molecule has 2 aromatic heterocycles. The third-order valence-corrected chi connectivity index (χ3v) is 6.19. The molecule has 36 heavy (non-hydrogen) atoms. The molecule has 2 amide bonds. The van der Waals surface area contributed by atoms with Gasteiger partial charge in [-0.05, 0) is 31.5 Å². The molecule has 1 aromatic carbocycles. The molecule has 2 atom stereocenters. The standard InChI is InChI=1S/C25H31N7O4/c1-17-13-22(29-24(27-17)31-10-9-26-16-31)32-12-11-30(25(34)36-4)15-20(32)14-23(33)28-18(2)19-5-7-21(35-3)8-6-19/h5-10,13,16,18,20H,11-12,14-15H2,1-4H3,(H,28,33). The van der Waals surface area contributed by atoms with Crippen molar-refractivity contribution >= 4 is 17.8 Å². The van der Waals surface area contributed by atoms with Crippen LogP contribution in [0.5, 0.6) is 5.75 Å². The molecule has 11 nitrogen and oxygen atoms in total. The van der Waals surface area contributed by atoms with E-state index >= 15 is 0 Å². The number of hydrogen-bond acceptors (Lipinski definition) is 8. The van der Waals surface area contributed by atoms with E-state index in [-0.39, 0.29) is 24.4 Å². The third kappa shape index (κ3) is 5.73. The van der Waals surface area contributed by atoms with Crippen LogP contribution in [0.2, 0.25) is 0 Å². The van der Waals surface area contributed by atoms with E-state index in [1.165, 1.54) is 7.11 Å². The smallest absolute Gasteiger partial charge is 0.409 e. The molecule has 1 aliphatic heterocycles. The maximum Gasteiger partial charge on any atom is 0.409 e. The van der Waals surface area contributed by atoms with Gasteiger partial charge in [-0.15, -0.1) is 0 Å². The Balaban J connectivity index is 1.53. The minimum absolute atomic E-state index is 0.124. The van der Waals surface area contributed by atoms with Crippen LogP contribution in [0.25, 0.3) is 5.95 Å². The van der Waals surface area contributed by atoms with Gasteiger partial charge < -0.3 is 24.6 Å². The second-order valence-electron chi connectivity index (χ2n) is 8.67. The van der Waals surface area contributed by atoms with Crippen LogP contribution in [0.4, 0.5) is 10.6 Å². The Bertz CT molecular complexity index is 1180. The van der Waals surface area contributed by atoms with E-state index in [0.717, 1.165) is 17.0 Å². The van der Waals surface area contributed by atoms with Crippen LogP contribution < -0.4 is 15.0 Å². The number of anilines is 1. The highest BCUT2D eigenvalue weighted by molar-refractivity contribution is 5.78. The summed E-state index contributed by atoms with van der Waals surface area (Å²) in [6, 6.07) is 8.99. The zero-order valence-corrected chi connectivity index (χ0v) is 20.9. The monoisotopic (exact) mass is 493 g/mol. The number of aromatic nitrogens is 4. The van der Waals surface area contributed by atoms with Gasteiger partial charge in [0.2, 0.25) is 11.9 Å². The highest BCUT2D eigenvalue weighted by atomic mass is 16.5. The number of hydrogen-bond donors (Lipinski definition) is 1. The second kappa shape index (κ2) is 11.1. The molecule has 1 aliphatic rings. The average Bonchev–Trinajstić information content (AvgIpc) is 3.43. The third-order valence-electron chi connectivity index (χ3n) is 6.19. The summed E-state index contributed by atoms with van der Waals surface area (Å²) in [6.07, 6.45) is 4.85. The summed E-state index contributed by atoms with van der Waals surface area (Å²) < 4.78 is 11.9. The fraction of sp³-hybridized carbons (Fsp3) is 0.400. The Labute approximate surface area is 210 Å². The lowest BCUT2D eigenvalue weighted by Gasteiger charge is -2.41. The van der Waals surface area contributed by atoms with Crippen molar-refractivity contribution in [1.29, 1.82) is 0 Å². The number of rotatable bonds is 7. The van der Waals surface area contributed by atoms with E-state index in [2.05, 4.69) is 20.2 Å². The average molecular weight is 494 g/mol. The summed E-state index contributed by atoms with van der Waals surface area (Å²) in [5.41, 5.74) is 1.76. The zero-order valence-electron chi connectivity index (χ0n) is 20.9. The number of ether oxygens (including phenoxy) is 2. The lowest BCUT2D eigenvalue weighted by Crippen LogP contribution is -2.56. The molecule has 1 N–H and O–H groups in total. The molecule has 1 saturated heterocycles. The van der Waals surface area contributed by atoms with Gasteiger partial charge in [0.05, 0.1) is 26.3 Å². The number of aryl methyl sites for hydroxylation is 1. The Hall–Kier alpha value is -4.15. The van der Waals surface area contributed by atoms with Gasteiger partial charge in [0.15, 0.2) is 0 Å². The van der Waals surface area contributed by atoms with Crippen molar-refractivity contribution in [1.82, 2.24) is 29.7 Å². The van der Waals surface area contributed by atoms with Gasteiger partial charge in [-0.2, -0.15) is 4.98 Å². The van der Waals surface area contributed by atoms with Gasteiger partial charge in [0.25, 0.3) is 0 Å². The summed E-state index contributed by atoms with van der Waals surface area (Å²) in [7, 11) is 2.98. The molecule has 1 fully saturated rings. The van der Waals surface area contributed by atoms with Crippen molar-refractivity contribution < 1.29 is 19.1 Å². The first kappa shape index (κ1) is 25.0. The van der Waals surface area contributed by atoms with Crippen molar-refractivity contribution in [3.8, 4) is 11.7 Å². The Morgan fingerprint density at radius 2 is 1.94 bits per heavy atom. The van der Waals surface area contributed by atoms with Crippen molar-refractivity contribution in [2.45, 2.75) is 32.4 Å². The molecule has 190 valence electrons. The number of nitrogens with one attached hydrogen (secondary N) is 1. The van der Waals surface area contributed by atoms with Crippen molar-refractivity contribution in [2.75, 3.05) is 38.8 Å². The van der Waals surface area contributed by atoms with Crippen LogP contribution in [0.3, 0.4) is 0 Å².